The van der Waals surface area contributed by atoms with Gasteiger partial charge in [-0.25, -0.2) is 9.78 Å². The minimum atomic E-state index is -0.705. The lowest BCUT2D eigenvalue weighted by molar-refractivity contribution is 0.0947. The lowest BCUT2D eigenvalue weighted by Gasteiger charge is -2.12. The summed E-state index contributed by atoms with van der Waals surface area (Å²) < 4.78 is 12.8. The molecule has 18 heavy (non-hydrogen) atoms. The maximum atomic E-state index is 12.8. The summed E-state index contributed by atoms with van der Waals surface area (Å²) in [5.41, 5.74) is 0.00827. The Labute approximate surface area is 104 Å². The van der Waals surface area contributed by atoms with Crippen molar-refractivity contribution < 1.29 is 14.0 Å². The van der Waals surface area contributed by atoms with Gasteiger partial charge in [-0.15, -0.1) is 0 Å². The van der Waals surface area contributed by atoms with Gasteiger partial charge in [0.25, 0.3) is 5.91 Å². The van der Waals surface area contributed by atoms with Gasteiger partial charge >= 0.3 is 6.03 Å². The zero-order valence-electron chi connectivity index (χ0n) is 10.2. The SMILES string of the molecule is CN(C)C(=O)NCCNC(=O)c1cccc(F)n1. The average molecular weight is 254 g/mol. The molecule has 0 aliphatic heterocycles. The van der Waals surface area contributed by atoms with Crippen molar-refractivity contribution in [2.75, 3.05) is 27.2 Å². The minimum Gasteiger partial charge on any atom is -0.349 e. The topological polar surface area (TPSA) is 74.3 Å². The molecule has 1 aromatic heterocycles. The number of aromatic nitrogens is 1. The molecular formula is C11H15FN4O2. The second kappa shape index (κ2) is 6.53. The lowest BCUT2D eigenvalue weighted by Crippen LogP contribution is -2.39. The fraction of sp³-hybridized carbons (Fsp3) is 0.364. The van der Waals surface area contributed by atoms with Crippen LogP contribution >= 0.6 is 0 Å². The van der Waals surface area contributed by atoms with Crippen LogP contribution in [0.3, 0.4) is 0 Å². The third kappa shape index (κ3) is 4.36. The Morgan fingerprint density at radius 1 is 1.28 bits per heavy atom. The second-order valence-electron chi connectivity index (χ2n) is 3.73. The predicted octanol–water partition coefficient (Wildman–Crippen LogP) is 0.222. The minimum absolute atomic E-state index is 0.00827. The van der Waals surface area contributed by atoms with E-state index in [0.29, 0.717) is 0 Å². The van der Waals surface area contributed by atoms with Crippen LogP contribution in [0.5, 0.6) is 0 Å². The van der Waals surface area contributed by atoms with Crippen LogP contribution in [0.2, 0.25) is 0 Å². The van der Waals surface area contributed by atoms with Gasteiger partial charge in [0.1, 0.15) is 5.69 Å². The van der Waals surface area contributed by atoms with Crippen LogP contribution in [0, 0.1) is 5.95 Å². The van der Waals surface area contributed by atoms with Gasteiger partial charge in [0.15, 0.2) is 0 Å². The molecule has 0 saturated heterocycles. The van der Waals surface area contributed by atoms with Crippen molar-refractivity contribution >= 4 is 11.9 Å². The van der Waals surface area contributed by atoms with E-state index in [0.717, 1.165) is 6.07 Å². The number of carbonyl (C=O) groups excluding carboxylic acids is 2. The van der Waals surface area contributed by atoms with Gasteiger partial charge < -0.3 is 15.5 Å². The third-order valence-corrected chi connectivity index (χ3v) is 2.04. The fourth-order valence-electron chi connectivity index (χ4n) is 1.13. The number of nitrogens with zero attached hydrogens (tertiary/aromatic N) is 2. The maximum absolute atomic E-state index is 12.8. The number of amides is 3. The molecule has 0 atom stereocenters. The van der Waals surface area contributed by atoms with E-state index in [1.54, 1.807) is 14.1 Å². The van der Waals surface area contributed by atoms with E-state index in [-0.39, 0.29) is 24.8 Å². The Morgan fingerprint density at radius 3 is 2.56 bits per heavy atom. The van der Waals surface area contributed by atoms with Crippen LogP contribution < -0.4 is 10.6 Å². The fourth-order valence-corrected chi connectivity index (χ4v) is 1.13. The van der Waals surface area contributed by atoms with Gasteiger partial charge in [0, 0.05) is 27.2 Å². The van der Waals surface area contributed by atoms with E-state index >= 15 is 0 Å². The first-order chi connectivity index (χ1) is 8.50. The molecule has 3 amide bonds. The number of carbonyl (C=O) groups is 2. The number of nitrogens with one attached hydrogen (secondary N) is 2. The number of urea groups is 1. The standard InChI is InChI=1S/C11H15FN4O2/c1-16(2)11(18)14-7-6-13-10(17)8-4-3-5-9(12)15-8/h3-5H,6-7H2,1-2H3,(H,13,17)(H,14,18). The largest absolute Gasteiger partial charge is 0.349 e. The highest BCUT2D eigenvalue weighted by Crippen LogP contribution is 1.96. The summed E-state index contributed by atoms with van der Waals surface area (Å²) in [6, 6.07) is 3.74. The van der Waals surface area contributed by atoms with Gasteiger partial charge in [0.05, 0.1) is 0 Å². The van der Waals surface area contributed by atoms with Crippen molar-refractivity contribution in [2.24, 2.45) is 0 Å². The van der Waals surface area contributed by atoms with E-state index in [1.807, 2.05) is 0 Å². The van der Waals surface area contributed by atoms with E-state index in [4.69, 9.17) is 0 Å². The molecular weight excluding hydrogens is 239 g/mol. The summed E-state index contributed by atoms with van der Waals surface area (Å²) in [6.45, 7) is 0.536. The Morgan fingerprint density at radius 2 is 1.94 bits per heavy atom. The third-order valence-electron chi connectivity index (χ3n) is 2.04. The predicted molar refractivity (Wildman–Crippen MR) is 63.6 cm³/mol. The number of halogens is 1. The summed E-state index contributed by atoms with van der Waals surface area (Å²) in [5, 5.41) is 5.10. The van der Waals surface area contributed by atoms with Crippen molar-refractivity contribution in [2.45, 2.75) is 0 Å². The molecule has 0 aliphatic carbocycles. The monoisotopic (exact) mass is 254 g/mol. The number of pyridine rings is 1. The van der Waals surface area contributed by atoms with Crippen LogP contribution in [0.25, 0.3) is 0 Å². The summed E-state index contributed by atoms with van der Waals surface area (Å²) in [5.74, 6) is -1.18. The molecule has 0 fully saturated rings. The molecule has 0 saturated carbocycles. The van der Waals surface area contributed by atoms with Crippen molar-refractivity contribution in [1.29, 1.82) is 0 Å². The van der Waals surface area contributed by atoms with Crippen LogP contribution in [0.15, 0.2) is 18.2 Å². The zero-order chi connectivity index (χ0) is 13.5. The molecule has 0 unspecified atom stereocenters. The molecule has 98 valence electrons. The molecule has 0 aliphatic rings. The number of hydrogen-bond donors (Lipinski definition) is 2. The quantitative estimate of drug-likeness (QED) is 0.596. The van der Waals surface area contributed by atoms with Crippen LogP contribution in [0.4, 0.5) is 9.18 Å². The summed E-state index contributed by atoms with van der Waals surface area (Å²) in [7, 11) is 3.23. The Bertz CT molecular complexity index is 437. The summed E-state index contributed by atoms with van der Waals surface area (Å²) in [4.78, 5) is 27.5. The normalized spacial score (nSPS) is 9.72. The molecule has 1 heterocycles. The first-order valence-electron chi connectivity index (χ1n) is 5.36. The van der Waals surface area contributed by atoms with E-state index in [2.05, 4.69) is 15.6 Å². The van der Waals surface area contributed by atoms with Gasteiger partial charge in [-0.05, 0) is 12.1 Å². The summed E-state index contributed by atoms with van der Waals surface area (Å²) >= 11 is 0. The van der Waals surface area contributed by atoms with Crippen molar-refractivity contribution in [1.82, 2.24) is 20.5 Å². The van der Waals surface area contributed by atoms with E-state index in [1.165, 1.54) is 17.0 Å². The maximum Gasteiger partial charge on any atom is 0.316 e. The average Bonchev–Trinajstić information content (AvgIpc) is 2.33. The molecule has 0 radical (unpaired) electrons. The van der Waals surface area contributed by atoms with E-state index < -0.39 is 11.9 Å². The van der Waals surface area contributed by atoms with Gasteiger partial charge in [-0.3, -0.25) is 4.79 Å². The first kappa shape index (κ1) is 13.9. The molecule has 0 spiro atoms. The molecule has 1 aromatic rings. The van der Waals surface area contributed by atoms with Crippen LogP contribution in [0.1, 0.15) is 10.5 Å². The number of hydrogen-bond acceptors (Lipinski definition) is 3. The highest BCUT2D eigenvalue weighted by atomic mass is 19.1. The van der Waals surface area contributed by atoms with Crippen LogP contribution in [-0.4, -0.2) is 49.0 Å². The molecule has 7 heteroatoms. The highest BCUT2D eigenvalue weighted by Gasteiger charge is 2.07. The van der Waals surface area contributed by atoms with Gasteiger partial charge in [-0.1, -0.05) is 6.07 Å². The Kier molecular flexibility index (Phi) is 5.04. The van der Waals surface area contributed by atoms with E-state index in [9.17, 15) is 14.0 Å². The van der Waals surface area contributed by atoms with Crippen molar-refractivity contribution in [3.05, 3.63) is 29.8 Å². The van der Waals surface area contributed by atoms with Gasteiger partial charge in [-0.2, -0.15) is 4.39 Å². The number of rotatable bonds is 4. The van der Waals surface area contributed by atoms with Gasteiger partial charge in [0.2, 0.25) is 5.95 Å². The van der Waals surface area contributed by atoms with Crippen molar-refractivity contribution in [3.8, 4) is 0 Å². The molecule has 6 nitrogen and oxygen atoms in total. The molecule has 0 aromatic carbocycles. The summed E-state index contributed by atoms with van der Waals surface area (Å²) in [6.07, 6.45) is 0. The second-order valence-corrected chi connectivity index (χ2v) is 3.73. The highest BCUT2D eigenvalue weighted by molar-refractivity contribution is 5.92. The molecule has 0 bridgehead atoms. The Balaban J connectivity index is 2.32. The Hall–Kier alpha value is -2.18. The van der Waals surface area contributed by atoms with Crippen LogP contribution in [-0.2, 0) is 0 Å². The van der Waals surface area contributed by atoms with Crippen molar-refractivity contribution in [3.63, 3.8) is 0 Å². The lowest BCUT2D eigenvalue weighted by atomic mass is 10.3. The zero-order valence-corrected chi connectivity index (χ0v) is 10.2. The smallest absolute Gasteiger partial charge is 0.316 e. The molecule has 2 N–H and O–H groups in total. The molecule has 1 rings (SSSR count). The first-order valence-corrected chi connectivity index (χ1v) is 5.36.